The Bertz CT molecular complexity index is 1020. The number of carbonyl (C=O) groups excluding carboxylic acids is 1. The lowest BCUT2D eigenvalue weighted by molar-refractivity contribution is -0.114. The number of benzene rings is 1. The largest absolute Gasteiger partial charge is 0.497 e. The molecule has 7 nitrogen and oxygen atoms in total. The van der Waals surface area contributed by atoms with E-state index in [1.165, 1.54) is 18.3 Å². The second kappa shape index (κ2) is 8.34. The van der Waals surface area contributed by atoms with Crippen LogP contribution in [0.3, 0.4) is 0 Å². The Labute approximate surface area is 173 Å². The molecule has 1 aliphatic heterocycles. The first-order valence-electron chi connectivity index (χ1n) is 9.58. The van der Waals surface area contributed by atoms with Crippen LogP contribution in [0, 0.1) is 0 Å². The molecule has 3 heterocycles. The summed E-state index contributed by atoms with van der Waals surface area (Å²) < 4.78 is 11.5. The third-order valence-corrected chi connectivity index (χ3v) is 5.92. The van der Waals surface area contributed by atoms with Crippen LogP contribution in [0.2, 0.25) is 0 Å². The number of pyridine rings is 1. The summed E-state index contributed by atoms with van der Waals surface area (Å²) in [5.74, 6) is 1.32. The van der Waals surface area contributed by atoms with Crippen LogP contribution in [0.4, 0.5) is 5.13 Å². The highest BCUT2D eigenvalue weighted by Crippen LogP contribution is 2.28. The molecular formula is C21H24N4O3S. The van der Waals surface area contributed by atoms with Gasteiger partial charge in [-0.05, 0) is 25.1 Å². The Hall–Kier alpha value is -2.71. The second-order valence-corrected chi connectivity index (χ2v) is 8.39. The molecule has 8 heteroatoms. The number of hydrogen-bond acceptors (Lipinski definition) is 7. The Balaban J connectivity index is 1.40. The van der Waals surface area contributed by atoms with Crippen LogP contribution in [0.5, 0.6) is 11.6 Å². The van der Waals surface area contributed by atoms with E-state index in [0.717, 1.165) is 41.0 Å². The fraction of sp³-hybridized carbons (Fsp3) is 0.381. The zero-order chi connectivity index (χ0) is 20.4. The van der Waals surface area contributed by atoms with Crippen molar-refractivity contribution in [3.05, 3.63) is 41.4 Å². The number of ether oxygens (including phenoxy) is 2. The molecule has 1 saturated heterocycles. The number of anilines is 1. The van der Waals surface area contributed by atoms with E-state index in [1.54, 1.807) is 7.11 Å². The number of nitrogens with zero attached hydrogens (tertiary/aromatic N) is 3. The maximum Gasteiger partial charge on any atom is 0.223 e. The van der Waals surface area contributed by atoms with Gasteiger partial charge in [0.15, 0.2) is 5.13 Å². The Morgan fingerprint density at radius 1 is 1.34 bits per heavy atom. The van der Waals surface area contributed by atoms with Crippen molar-refractivity contribution in [2.45, 2.75) is 39.0 Å². The summed E-state index contributed by atoms with van der Waals surface area (Å²) in [6.45, 7) is 5.31. The predicted molar refractivity (Wildman–Crippen MR) is 114 cm³/mol. The lowest BCUT2D eigenvalue weighted by Crippen LogP contribution is -2.27. The number of amides is 1. The number of nitrogens with one attached hydrogen (secondary N) is 1. The number of thiazole rings is 1. The zero-order valence-corrected chi connectivity index (χ0v) is 17.5. The van der Waals surface area contributed by atoms with Gasteiger partial charge in [0.05, 0.1) is 12.6 Å². The third-order valence-electron chi connectivity index (χ3n) is 5.02. The van der Waals surface area contributed by atoms with E-state index in [2.05, 4.69) is 27.1 Å². The summed E-state index contributed by atoms with van der Waals surface area (Å²) in [4.78, 5) is 23.6. The van der Waals surface area contributed by atoms with Gasteiger partial charge >= 0.3 is 0 Å². The van der Waals surface area contributed by atoms with Crippen molar-refractivity contribution in [3.8, 4) is 11.6 Å². The number of fused-ring (bicyclic) bond motifs is 1. The van der Waals surface area contributed by atoms with Crippen molar-refractivity contribution in [2.75, 3.05) is 19.0 Å². The van der Waals surface area contributed by atoms with Gasteiger partial charge in [0.25, 0.3) is 0 Å². The van der Waals surface area contributed by atoms with Gasteiger partial charge in [0, 0.05) is 61.1 Å². The van der Waals surface area contributed by atoms with Crippen LogP contribution in [0.25, 0.3) is 10.9 Å². The Morgan fingerprint density at radius 3 is 2.97 bits per heavy atom. The summed E-state index contributed by atoms with van der Waals surface area (Å²) in [5, 5.41) is 4.43. The van der Waals surface area contributed by atoms with Crippen molar-refractivity contribution in [3.63, 3.8) is 0 Å². The fourth-order valence-corrected chi connectivity index (χ4v) is 4.47. The molecule has 152 valence electrons. The molecule has 1 aromatic carbocycles. The average Bonchev–Trinajstić information content (AvgIpc) is 3.27. The molecule has 4 rings (SSSR count). The van der Waals surface area contributed by atoms with E-state index in [4.69, 9.17) is 9.47 Å². The smallest absolute Gasteiger partial charge is 0.223 e. The summed E-state index contributed by atoms with van der Waals surface area (Å²) in [6.07, 6.45) is 2.85. The van der Waals surface area contributed by atoms with Crippen LogP contribution in [0.15, 0.2) is 36.5 Å². The molecule has 29 heavy (non-hydrogen) atoms. The number of rotatable bonds is 6. The summed E-state index contributed by atoms with van der Waals surface area (Å²) in [5.41, 5.74) is 0.861. The molecule has 3 aromatic rings. The molecule has 1 aliphatic rings. The minimum Gasteiger partial charge on any atom is -0.497 e. The SMILES string of the molecule is COc1ccc2ccc(O[C@@H]3C[C@H](C)N(Cc4cnc(NC(C)=O)s4)C3)nc2c1. The van der Waals surface area contributed by atoms with Gasteiger partial charge in [0.1, 0.15) is 11.9 Å². The standard InChI is InChI=1S/C21H24N4O3S/c1-13-8-17(11-25(13)12-18-10-22-21(29-18)23-14(2)26)28-20-7-5-15-4-6-16(27-3)9-19(15)24-20/h4-7,9-10,13,17H,8,11-12H2,1-3H3,(H,22,23,26)/t13-,17+/m0/s1. The maximum atomic E-state index is 11.2. The van der Waals surface area contributed by atoms with Gasteiger partial charge in [-0.25, -0.2) is 9.97 Å². The third kappa shape index (κ3) is 4.65. The lowest BCUT2D eigenvalue weighted by Gasteiger charge is -2.19. The molecule has 1 fully saturated rings. The number of likely N-dealkylation sites (tertiary alicyclic amines) is 1. The molecule has 0 unspecified atom stereocenters. The number of hydrogen-bond donors (Lipinski definition) is 1. The molecule has 2 atom stereocenters. The highest BCUT2D eigenvalue weighted by atomic mass is 32.1. The zero-order valence-electron chi connectivity index (χ0n) is 16.7. The van der Waals surface area contributed by atoms with Crippen LogP contribution >= 0.6 is 11.3 Å². The topological polar surface area (TPSA) is 76.6 Å². The molecule has 0 saturated carbocycles. The predicted octanol–water partition coefficient (Wildman–Crippen LogP) is 3.70. The number of aromatic nitrogens is 2. The van der Waals surface area contributed by atoms with Crippen molar-refractivity contribution in [1.82, 2.24) is 14.9 Å². The summed E-state index contributed by atoms with van der Waals surface area (Å²) in [6, 6.07) is 10.2. The number of carbonyl (C=O) groups is 1. The van der Waals surface area contributed by atoms with Crippen molar-refractivity contribution >= 4 is 33.3 Å². The lowest BCUT2D eigenvalue weighted by atomic mass is 10.2. The van der Waals surface area contributed by atoms with E-state index in [-0.39, 0.29) is 12.0 Å². The molecular weight excluding hydrogens is 388 g/mol. The first-order valence-corrected chi connectivity index (χ1v) is 10.4. The minimum absolute atomic E-state index is 0.0864. The van der Waals surface area contributed by atoms with Gasteiger partial charge in [0.2, 0.25) is 11.8 Å². The van der Waals surface area contributed by atoms with Crippen LogP contribution in [-0.2, 0) is 11.3 Å². The molecule has 0 spiro atoms. The van der Waals surface area contributed by atoms with Crippen molar-refractivity contribution in [2.24, 2.45) is 0 Å². The van der Waals surface area contributed by atoms with E-state index < -0.39 is 0 Å². The summed E-state index contributed by atoms with van der Waals surface area (Å²) in [7, 11) is 1.65. The van der Waals surface area contributed by atoms with E-state index in [9.17, 15) is 4.79 Å². The fourth-order valence-electron chi connectivity index (χ4n) is 3.58. The van der Waals surface area contributed by atoms with Crippen molar-refractivity contribution < 1.29 is 14.3 Å². The van der Waals surface area contributed by atoms with Gasteiger partial charge < -0.3 is 14.8 Å². The quantitative estimate of drug-likeness (QED) is 0.665. The molecule has 1 N–H and O–H groups in total. The molecule has 1 amide bonds. The maximum absolute atomic E-state index is 11.2. The first-order chi connectivity index (χ1) is 14.0. The van der Waals surface area contributed by atoms with Gasteiger partial charge in [-0.3, -0.25) is 9.69 Å². The van der Waals surface area contributed by atoms with E-state index >= 15 is 0 Å². The first kappa shape index (κ1) is 19.6. The number of methoxy groups -OCH3 is 1. The van der Waals surface area contributed by atoms with E-state index in [1.807, 2.05) is 36.5 Å². The monoisotopic (exact) mass is 412 g/mol. The average molecular weight is 413 g/mol. The van der Waals surface area contributed by atoms with Crippen LogP contribution < -0.4 is 14.8 Å². The normalized spacial score (nSPS) is 19.4. The van der Waals surface area contributed by atoms with Gasteiger partial charge in [-0.15, -0.1) is 11.3 Å². The molecule has 0 bridgehead atoms. The van der Waals surface area contributed by atoms with Crippen LogP contribution in [-0.4, -0.2) is 46.6 Å². The molecule has 0 aliphatic carbocycles. The highest BCUT2D eigenvalue weighted by Gasteiger charge is 2.31. The minimum atomic E-state index is -0.102. The van der Waals surface area contributed by atoms with Crippen molar-refractivity contribution in [1.29, 1.82) is 0 Å². The Morgan fingerprint density at radius 2 is 2.17 bits per heavy atom. The Kier molecular flexibility index (Phi) is 5.64. The second-order valence-electron chi connectivity index (χ2n) is 7.28. The van der Waals surface area contributed by atoms with Gasteiger partial charge in [-0.2, -0.15) is 0 Å². The highest BCUT2D eigenvalue weighted by molar-refractivity contribution is 7.15. The molecule has 0 radical (unpaired) electrons. The van der Waals surface area contributed by atoms with Crippen LogP contribution in [0.1, 0.15) is 25.1 Å². The molecule has 2 aromatic heterocycles. The van der Waals surface area contributed by atoms with E-state index in [0.29, 0.717) is 17.1 Å². The van der Waals surface area contributed by atoms with Gasteiger partial charge in [-0.1, -0.05) is 0 Å². The summed E-state index contributed by atoms with van der Waals surface area (Å²) >= 11 is 1.51.